The molecule has 1 aromatic rings. The molecule has 0 saturated heterocycles. The molecule has 1 aromatic heterocycles. The maximum Gasteiger partial charge on any atom is 0.388 e. The number of halogens is 2. The summed E-state index contributed by atoms with van der Waals surface area (Å²) in [7, 11) is 0. The van der Waals surface area contributed by atoms with Gasteiger partial charge < -0.3 is 16.2 Å². The Morgan fingerprint density at radius 3 is 2.29 bits per heavy atom. The van der Waals surface area contributed by atoms with Gasteiger partial charge in [0.1, 0.15) is 5.84 Å². The zero-order valence-corrected chi connectivity index (χ0v) is 11.6. The van der Waals surface area contributed by atoms with Crippen LogP contribution >= 0.6 is 0 Å². The largest absolute Gasteiger partial charge is 0.419 e. The molecule has 116 valence electrons. The minimum absolute atomic E-state index is 0.112. The molecular weight excluding hydrogens is 280 g/mol. The summed E-state index contributed by atoms with van der Waals surface area (Å²) >= 11 is 0. The van der Waals surface area contributed by atoms with E-state index in [0.29, 0.717) is 0 Å². The van der Waals surface area contributed by atoms with Crippen molar-refractivity contribution in [3.8, 4) is 0 Å². The Kier molecular flexibility index (Phi) is 7.70. The summed E-state index contributed by atoms with van der Waals surface area (Å²) in [6, 6.07) is 0. The van der Waals surface area contributed by atoms with Crippen LogP contribution < -0.4 is 11.5 Å². The van der Waals surface area contributed by atoms with Crippen molar-refractivity contribution in [2.45, 2.75) is 38.7 Å². The third-order valence-electron chi connectivity index (χ3n) is 2.56. The van der Waals surface area contributed by atoms with E-state index in [0.717, 1.165) is 6.08 Å². The summed E-state index contributed by atoms with van der Waals surface area (Å²) in [6.07, 6.45) is 12.7. The van der Waals surface area contributed by atoms with E-state index >= 15 is 0 Å². The highest BCUT2D eigenvalue weighted by atomic mass is 19.3. The normalized spacial score (nSPS) is 15.6. The third-order valence-corrected chi connectivity index (χ3v) is 2.56. The Bertz CT molecular complexity index is 453. The molecule has 0 unspecified atom stereocenters. The molecule has 0 aliphatic heterocycles. The van der Waals surface area contributed by atoms with Crippen molar-refractivity contribution in [2.75, 3.05) is 0 Å². The summed E-state index contributed by atoms with van der Waals surface area (Å²) < 4.78 is 27.3. The van der Waals surface area contributed by atoms with Gasteiger partial charge in [-0.2, -0.15) is 8.78 Å². The minimum atomic E-state index is -3.00. The molecule has 1 saturated carbocycles. The fourth-order valence-electron chi connectivity index (χ4n) is 1.68. The Hall–Kier alpha value is -2.25. The number of aliphatic imine (C=N–C) groups is 1. The standard InChI is InChI=1S/C8H9F2N5O.C5H10/c9-8(10)16-6(12)3-5(11)15-7-4-13-1-2-14-7;1-2-4-5-3-1/h1-4,8H,12H2,(H2,11,14,15);1-5H2/b6-3+;. The van der Waals surface area contributed by atoms with Gasteiger partial charge in [0, 0.05) is 18.5 Å². The van der Waals surface area contributed by atoms with Crippen LogP contribution in [-0.4, -0.2) is 22.4 Å². The molecule has 1 aliphatic carbocycles. The van der Waals surface area contributed by atoms with Gasteiger partial charge in [0.25, 0.3) is 0 Å². The first-order valence-corrected chi connectivity index (χ1v) is 6.60. The van der Waals surface area contributed by atoms with Crippen LogP contribution in [0.3, 0.4) is 0 Å². The van der Waals surface area contributed by atoms with Crippen LogP contribution in [0, 0.1) is 0 Å². The molecule has 0 atom stereocenters. The Labute approximate surface area is 121 Å². The van der Waals surface area contributed by atoms with E-state index in [-0.39, 0.29) is 11.7 Å². The number of nitrogens with two attached hydrogens (primary N) is 2. The Balaban J connectivity index is 0.000000369. The second-order valence-corrected chi connectivity index (χ2v) is 4.29. The van der Waals surface area contributed by atoms with Crippen LogP contribution in [0.5, 0.6) is 0 Å². The van der Waals surface area contributed by atoms with Gasteiger partial charge in [-0.15, -0.1) is 0 Å². The van der Waals surface area contributed by atoms with E-state index in [1.54, 1.807) is 0 Å². The van der Waals surface area contributed by atoms with Gasteiger partial charge in [0.05, 0.1) is 6.20 Å². The summed E-state index contributed by atoms with van der Waals surface area (Å²) in [5.74, 6) is -0.403. The van der Waals surface area contributed by atoms with Crippen LogP contribution in [-0.2, 0) is 4.74 Å². The van der Waals surface area contributed by atoms with Crippen molar-refractivity contribution in [2.24, 2.45) is 16.5 Å². The predicted molar refractivity (Wildman–Crippen MR) is 75.8 cm³/mol. The molecule has 6 nitrogen and oxygen atoms in total. The number of amidine groups is 1. The monoisotopic (exact) mass is 299 g/mol. The van der Waals surface area contributed by atoms with Crippen molar-refractivity contribution in [1.29, 1.82) is 0 Å². The first-order chi connectivity index (χ1) is 10.1. The van der Waals surface area contributed by atoms with Gasteiger partial charge in [-0.3, -0.25) is 4.98 Å². The lowest BCUT2D eigenvalue weighted by Gasteiger charge is -2.02. The van der Waals surface area contributed by atoms with E-state index < -0.39 is 12.5 Å². The number of alkyl halides is 2. The van der Waals surface area contributed by atoms with Crippen molar-refractivity contribution in [3.63, 3.8) is 0 Å². The molecule has 0 aromatic carbocycles. The van der Waals surface area contributed by atoms with E-state index in [2.05, 4.69) is 19.7 Å². The van der Waals surface area contributed by atoms with E-state index in [1.807, 2.05) is 0 Å². The van der Waals surface area contributed by atoms with Gasteiger partial charge in [0.15, 0.2) is 11.7 Å². The third kappa shape index (κ3) is 8.51. The number of hydrogen-bond donors (Lipinski definition) is 2. The van der Waals surface area contributed by atoms with Crippen molar-refractivity contribution >= 4 is 11.7 Å². The van der Waals surface area contributed by atoms with E-state index in [9.17, 15) is 8.78 Å². The second kappa shape index (κ2) is 9.62. The van der Waals surface area contributed by atoms with Crippen LogP contribution in [0.25, 0.3) is 0 Å². The summed E-state index contributed by atoms with van der Waals surface area (Å²) in [6.45, 7) is -3.00. The maximum absolute atomic E-state index is 11.7. The lowest BCUT2D eigenvalue weighted by atomic mass is 10.4. The smallest absolute Gasteiger partial charge is 0.388 e. The highest BCUT2D eigenvalue weighted by Gasteiger charge is 2.03. The SMILES string of the molecule is C1CCCC1.NC(/C=C(\N)OC(F)F)=Nc1cnccn1. The van der Waals surface area contributed by atoms with Gasteiger partial charge in [-0.05, 0) is 0 Å². The molecular formula is C13H19F2N5O. The first-order valence-electron chi connectivity index (χ1n) is 6.60. The zero-order valence-electron chi connectivity index (χ0n) is 11.6. The predicted octanol–water partition coefficient (Wildman–Crippen LogP) is 2.46. The summed E-state index contributed by atoms with van der Waals surface area (Å²) in [5, 5.41) is 0. The highest BCUT2D eigenvalue weighted by Crippen LogP contribution is 2.15. The van der Waals surface area contributed by atoms with Gasteiger partial charge in [-0.1, -0.05) is 32.1 Å². The van der Waals surface area contributed by atoms with Crippen molar-refractivity contribution < 1.29 is 13.5 Å². The summed E-state index contributed by atoms with van der Waals surface area (Å²) in [4.78, 5) is 11.3. The second-order valence-electron chi connectivity index (χ2n) is 4.29. The summed E-state index contributed by atoms with van der Waals surface area (Å²) in [5.41, 5.74) is 10.5. The van der Waals surface area contributed by atoms with Crippen molar-refractivity contribution in [3.05, 3.63) is 30.5 Å². The Morgan fingerprint density at radius 2 is 1.81 bits per heavy atom. The average Bonchev–Trinajstić information content (AvgIpc) is 2.97. The van der Waals surface area contributed by atoms with Crippen LogP contribution in [0.2, 0.25) is 0 Å². The number of nitrogens with zero attached hydrogens (tertiary/aromatic N) is 3. The van der Waals surface area contributed by atoms with Crippen LogP contribution in [0.15, 0.2) is 35.5 Å². The molecule has 0 bridgehead atoms. The van der Waals surface area contributed by atoms with E-state index in [4.69, 9.17) is 11.5 Å². The quantitative estimate of drug-likeness (QED) is 0.505. The van der Waals surface area contributed by atoms with Gasteiger partial charge >= 0.3 is 6.61 Å². The number of hydrogen-bond acceptors (Lipinski definition) is 5. The van der Waals surface area contributed by atoms with Crippen molar-refractivity contribution in [1.82, 2.24) is 9.97 Å². The Morgan fingerprint density at radius 1 is 1.19 bits per heavy atom. The molecule has 2 rings (SSSR count). The molecule has 4 N–H and O–H groups in total. The lowest BCUT2D eigenvalue weighted by Crippen LogP contribution is -2.14. The average molecular weight is 299 g/mol. The zero-order chi connectivity index (χ0) is 15.5. The number of rotatable bonds is 4. The molecule has 0 amide bonds. The number of aromatic nitrogens is 2. The topological polar surface area (TPSA) is 99.4 Å². The fraction of sp³-hybridized carbons (Fsp3) is 0.462. The first kappa shape index (κ1) is 16.8. The van der Waals surface area contributed by atoms with Crippen LogP contribution in [0.1, 0.15) is 32.1 Å². The minimum Gasteiger partial charge on any atom is -0.419 e. The van der Waals surface area contributed by atoms with E-state index in [1.165, 1.54) is 50.7 Å². The van der Waals surface area contributed by atoms with Gasteiger partial charge in [-0.25, -0.2) is 9.98 Å². The lowest BCUT2D eigenvalue weighted by molar-refractivity contribution is -0.0966. The molecule has 1 heterocycles. The molecule has 1 fully saturated rings. The number of ether oxygens (including phenoxy) is 1. The highest BCUT2D eigenvalue weighted by molar-refractivity contribution is 5.93. The molecule has 0 radical (unpaired) electrons. The molecule has 0 spiro atoms. The molecule has 8 heteroatoms. The fourth-order valence-corrected chi connectivity index (χ4v) is 1.68. The molecule has 1 aliphatic rings. The van der Waals surface area contributed by atoms with Gasteiger partial charge in [0.2, 0.25) is 0 Å². The molecule has 21 heavy (non-hydrogen) atoms. The van der Waals surface area contributed by atoms with Crippen LogP contribution in [0.4, 0.5) is 14.6 Å². The maximum atomic E-state index is 11.7.